The van der Waals surface area contributed by atoms with Crippen molar-refractivity contribution in [3.8, 4) is 0 Å². The highest BCUT2D eigenvalue weighted by molar-refractivity contribution is 7.94. The normalized spacial score (nSPS) is 22.6. The van der Waals surface area contributed by atoms with E-state index in [1.165, 1.54) is 5.41 Å². The Morgan fingerprint density at radius 1 is 1.67 bits per heavy atom. The molecule has 0 saturated heterocycles. The van der Waals surface area contributed by atoms with Crippen molar-refractivity contribution in [2.75, 3.05) is 12.4 Å². The Bertz CT molecular complexity index is 348. The molecule has 1 heterocycles. The van der Waals surface area contributed by atoms with Crippen molar-refractivity contribution < 1.29 is 13.2 Å². The predicted molar refractivity (Wildman–Crippen MR) is 63.3 cm³/mol. The molecule has 0 radical (unpaired) electrons. The van der Waals surface area contributed by atoms with Crippen LogP contribution in [0.5, 0.6) is 0 Å². The van der Waals surface area contributed by atoms with Gasteiger partial charge in [-0.25, -0.2) is 8.42 Å². The monoisotopic (exact) mass is 249 g/mol. The first-order chi connectivity index (χ1) is 7.03. The van der Waals surface area contributed by atoms with Gasteiger partial charge in [0.05, 0.1) is 18.4 Å². The summed E-state index contributed by atoms with van der Waals surface area (Å²) in [6.45, 7) is 2.64. The molecule has 1 aliphatic rings. The van der Waals surface area contributed by atoms with E-state index in [2.05, 4.69) is 12.2 Å². The van der Waals surface area contributed by atoms with Gasteiger partial charge in [0.25, 0.3) is 5.17 Å². The fraction of sp³-hybridized carbons (Fsp3) is 0.667. The van der Waals surface area contributed by atoms with E-state index < -0.39 is 9.84 Å². The summed E-state index contributed by atoms with van der Waals surface area (Å²) < 4.78 is 27.3. The molecule has 1 atom stereocenters. The molecule has 0 bridgehead atoms. The molecular formula is C9H15NO3S2. The molecule has 0 aromatic carbocycles. The summed E-state index contributed by atoms with van der Waals surface area (Å²) >= 11 is 4.92. The molecule has 0 fully saturated rings. The van der Waals surface area contributed by atoms with Gasteiger partial charge in [-0.15, -0.1) is 0 Å². The molecule has 1 rings (SSSR count). The van der Waals surface area contributed by atoms with Crippen LogP contribution in [0, 0.1) is 0 Å². The number of rotatable bonds is 4. The van der Waals surface area contributed by atoms with Gasteiger partial charge in [0.15, 0.2) is 9.84 Å². The summed E-state index contributed by atoms with van der Waals surface area (Å²) in [5.74, 6) is 0.0598. The smallest absolute Gasteiger partial charge is 0.257 e. The van der Waals surface area contributed by atoms with Crippen LogP contribution in [0.3, 0.4) is 0 Å². The first-order valence-electron chi connectivity index (χ1n) is 4.88. The van der Waals surface area contributed by atoms with Crippen molar-refractivity contribution in [3.05, 3.63) is 11.5 Å². The zero-order valence-corrected chi connectivity index (χ0v) is 10.2. The Kier molecular flexibility index (Phi) is 4.53. The van der Waals surface area contributed by atoms with E-state index in [-0.39, 0.29) is 17.0 Å². The number of thiocarbonyl (C=S) groups is 1. The third kappa shape index (κ3) is 4.61. The minimum Gasteiger partial charge on any atom is -0.471 e. The summed E-state index contributed by atoms with van der Waals surface area (Å²) in [4.78, 5) is 0. The second-order valence-corrected chi connectivity index (χ2v) is 5.70. The van der Waals surface area contributed by atoms with Crippen LogP contribution in [0.2, 0.25) is 0 Å². The van der Waals surface area contributed by atoms with Crippen LogP contribution in [0.25, 0.3) is 0 Å². The summed E-state index contributed by atoms with van der Waals surface area (Å²) in [7, 11) is -3.02. The van der Waals surface area contributed by atoms with Crippen molar-refractivity contribution in [1.82, 2.24) is 5.32 Å². The highest BCUT2D eigenvalue weighted by atomic mass is 32.2. The summed E-state index contributed by atoms with van der Waals surface area (Å²) in [5, 5.41) is 4.32. The number of hydrogen-bond donors (Lipinski definition) is 1. The van der Waals surface area contributed by atoms with Gasteiger partial charge in [-0.05, 0) is 24.7 Å². The highest BCUT2D eigenvalue weighted by Gasteiger charge is 2.22. The maximum Gasteiger partial charge on any atom is 0.257 e. The Morgan fingerprint density at radius 2 is 2.40 bits per heavy atom. The SMILES string of the molecule is CCCCOC(=S)N[C@@H]1C=CS(=O)(=O)C1. The Hall–Kier alpha value is -0.620. The number of nitrogens with one attached hydrogen (secondary N) is 1. The molecule has 0 saturated carbocycles. The van der Waals surface area contributed by atoms with Gasteiger partial charge in [0.2, 0.25) is 0 Å². The maximum atomic E-state index is 11.1. The van der Waals surface area contributed by atoms with E-state index >= 15 is 0 Å². The lowest BCUT2D eigenvalue weighted by molar-refractivity contribution is 0.289. The first-order valence-corrected chi connectivity index (χ1v) is 7.00. The first kappa shape index (κ1) is 12.4. The highest BCUT2D eigenvalue weighted by Crippen LogP contribution is 2.07. The Balaban J connectivity index is 2.26. The van der Waals surface area contributed by atoms with Crippen LogP contribution in [-0.4, -0.2) is 32.0 Å². The largest absolute Gasteiger partial charge is 0.471 e. The topological polar surface area (TPSA) is 55.4 Å². The number of sulfone groups is 1. The molecule has 1 aliphatic heterocycles. The zero-order chi connectivity index (χ0) is 11.3. The second kappa shape index (κ2) is 5.46. The van der Waals surface area contributed by atoms with Crippen LogP contribution < -0.4 is 5.32 Å². The standard InChI is InChI=1S/C9H15NO3S2/c1-2-3-5-13-9(14)10-8-4-6-15(11,12)7-8/h4,6,8H,2-3,5,7H2,1H3,(H,10,14)/t8-/m1/s1. The van der Waals surface area contributed by atoms with Crippen molar-refractivity contribution in [2.24, 2.45) is 0 Å². The Labute approximate surface area is 95.6 Å². The van der Waals surface area contributed by atoms with Gasteiger partial charge in [-0.1, -0.05) is 13.3 Å². The van der Waals surface area contributed by atoms with Crippen LogP contribution >= 0.6 is 12.2 Å². The number of hydrogen-bond acceptors (Lipinski definition) is 4. The van der Waals surface area contributed by atoms with Gasteiger partial charge in [0.1, 0.15) is 0 Å². The minimum atomic E-state index is -3.02. The molecule has 1 N–H and O–H groups in total. The lowest BCUT2D eigenvalue weighted by Crippen LogP contribution is -2.35. The van der Waals surface area contributed by atoms with E-state index in [1.807, 2.05) is 0 Å². The van der Waals surface area contributed by atoms with Gasteiger partial charge >= 0.3 is 0 Å². The number of ether oxygens (including phenoxy) is 1. The minimum absolute atomic E-state index is 0.0598. The van der Waals surface area contributed by atoms with E-state index in [1.54, 1.807) is 6.08 Å². The summed E-state index contributed by atoms with van der Waals surface area (Å²) in [6, 6.07) is -0.246. The summed E-state index contributed by atoms with van der Waals surface area (Å²) in [6.07, 6.45) is 3.58. The summed E-state index contributed by atoms with van der Waals surface area (Å²) in [5.41, 5.74) is 0. The molecule has 0 spiro atoms. The molecule has 86 valence electrons. The fourth-order valence-corrected chi connectivity index (χ4v) is 2.64. The van der Waals surface area contributed by atoms with Gasteiger partial charge in [-0.3, -0.25) is 0 Å². The fourth-order valence-electron chi connectivity index (χ4n) is 1.17. The van der Waals surface area contributed by atoms with E-state index in [0.29, 0.717) is 6.61 Å². The number of unbranched alkanes of at least 4 members (excludes halogenated alkanes) is 1. The van der Waals surface area contributed by atoms with Crippen molar-refractivity contribution in [3.63, 3.8) is 0 Å². The molecule has 15 heavy (non-hydrogen) atoms. The van der Waals surface area contributed by atoms with E-state index in [9.17, 15) is 8.42 Å². The zero-order valence-electron chi connectivity index (χ0n) is 8.60. The average molecular weight is 249 g/mol. The maximum absolute atomic E-state index is 11.1. The second-order valence-electron chi connectivity index (χ2n) is 3.40. The van der Waals surface area contributed by atoms with Crippen molar-refractivity contribution >= 4 is 27.2 Å². The van der Waals surface area contributed by atoms with Crippen LogP contribution in [0.4, 0.5) is 0 Å². The third-order valence-corrected chi connectivity index (χ3v) is 3.60. The molecule has 0 aliphatic carbocycles. The predicted octanol–water partition coefficient (Wildman–Crippen LogP) is 0.988. The Morgan fingerprint density at radius 3 is 2.93 bits per heavy atom. The molecule has 0 unspecified atom stereocenters. The lowest BCUT2D eigenvalue weighted by atomic mass is 10.3. The van der Waals surface area contributed by atoms with Crippen LogP contribution in [0.1, 0.15) is 19.8 Å². The van der Waals surface area contributed by atoms with Gasteiger partial charge in [-0.2, -0.15) is 0 Å². The molecule has 0 amide bonds. The van der Waals surface area contributed by atoms with Crippen molar-refractivity contribution in [1.29, 1.82) is 0 Å². The van der Waals surface area contributed by atoms with Crippen LogP contribution in [-0.2, 0) is 14.6 Å². The molecule has 4 nitrogen and oxygen atoms in total. The molecule has 6 heteroatoms. The molecule has 0 aromatic rings. The molecule has 0 aromatic heterocycles. The molecular weight excluding hydrogens is 234 g/mol. The van der Waals surface area contributed by atoms with E-state index in [0.717, 1.165) is 12.8 Å². The third-order valence-electron chi connectivity index (χ3n) is 1.96. The van der Waals surface area contributed by atoms with Crippen LogP contribution in [0.15, 0.2) is 11.5 Å². The van der Waals surface area contributed by atoms with E-state index in [4.69, 9.17) is 17.0 Å². The quantitative estimate of drug-likeness (QED) is 0.595. The van der Waals surface area contributed by atoms with Gasteiger partial charge in [0, 0.05) is 5.41 Å². The van der Waals surface area contributed by atoms with Gasteiger partial charge < -0.3 is 10.1 Å². The van der Waals surface area contributed by atoms with Crippen molar-refractivity contribution in [2.45, 2.75) is 25.8 Å². The average Bonchev–Trinajstić information content (AvgIpc) is 2.46. The lowest BCUT2D eigenvalue weighted by Gasteiger charge is -2.12.